The van der Waals surface area contributed by atoms with Crippen molar-refractivity contribution < 1.29 is 21.2 Å². The molecule has 0 rings (SSSR count). The van der Waals surface area contributed by atoms with E-state index in [0.29, 0.717) is 0 Å². The van der Waals surface area contributed by atoms with Gasteiger partial charge in [-0.2, -0.15) is 0 Å². The molecule has 0 aliphatic heterocycles. The molecule has 48 valence electrons. The molecule has 0 atom stereocenters. The minimum atomic E-state index is -1.50. The predicted molar refractivity (Wildman–Crippen MR) is 24.3 cm³/mol. The fourth-order valence-corrected chi connectivity index (χ4v) is 0. The second kappa shape index (κ2) is 16.7. The van der Waals surface area contributed by atoms with Crippen LogP contribution in [-0.2, 0) is 0 Å². The van der Waals surface area contributed by atoms with Crippen LogP contribution in [0.25, 0.3) is 0 Å². The van der Waals surface area contributed by atoms with E-state index >= 15 is 0 Å². The van der Waals surface area contributed by atoms with Crippen molar-refractivity contribution in [3.05, 3.63) is 10.1 Å². The molecule has 0 aliphatic rings. The molecule has 4 N–H and O–H groups in total. The summed E-state index contributed by atoms with van der Waals surface area (Å²) in [7, 11) is 0. The molecule has 0 bridgehead atoms. The SMILES string of the molecule is O.O=[N+]([O-])O.[BiH3].[OH-]. The largest absolute Gasteiger partial charge is 0.870 e. The van der Waals surface area contributed by atoms with Gasteiger partial charge in [0.2, 0.25) is 0 Å². The third-order valence-corrected chi connectivity index (χ3v) is 0. The van der Waals surface area contributed by atoms with E-state index in [2.05, 4.69) is 0 Å². The predicted octanol–water partition coefficient (Wildman–Crippen LogP) is -2.53. The van der Waals surface area contributed by atoms with Gasteiger partial charge < -0.3 is 16.2 Å². The Bertz CT molecular complexity index is 31.1. The zero-order valence-electron chi connectivity index (χ0n) is 3.37. The third-order valence-electron chi connectivity index (χ3n) is 0. The Morgan fingerprint density at radius 2 is 1.57 bits per heavy atom. The molecule has 0 aromatic heterocycles. The number of nitrogens with zero attached hydrogens (tertiary/aromatic N) is 1. The maximum Gasteiger partial charge on any atom is -0.870 e. The van der Waals surface area contributed by atoms with Crippen LogP contribution in [0.3, 0.4) is 0 Å². The van der Waals surface area contributed by atoms with Crippen LogP contribution in [0.15, 0.2) is 0 Å². The fraction of sp³-hybridized carbons (Fsp3) is 0. The molecule has 7 heteroatoms. The van der Waals surface area contributed by atoms with Gasteiger partial charge in [-0.05, 0) is 0 Å². The average Bonchev–Trinajstić information content (AvgIpc) is 0.811. The fourth-order valence-electron chi connectivity index (χ4n) is 0. The summed E-state index contributed by atoms with van der Waals surface area (Å²) < 4.78 is 0. The Balaban J connectivity index is -0.0000000150. The Kier molecular flexibility index (Phi) is 66.6. The van der Waals surface area contributed by atoms with Crippen molar-refractivity contribution in [2.45, 2.75) is 0 Å². The first kappa shape index (κ1) is 28.0. The molecule has 0 amide bonds. The first-order valence-corrected chi connectivity index (χ1v) is 0.565. The minimum Gasteiger partial charge on any atom is -0.870 e. The zero-order chi connectivity index (χ0) is 3.58. The summed E-state index contributed by atoms with van der Waals surface area (Å²) in [6.45, 7) is 0. The van der Waals surface area contributed by atoms with Gasteiger partial charge in [-0.3, -0.25) is 0 Å². The van der Waals surface area contributed by atoms with Crippen molar-refractivity contribution in [2.75, 3.05) is 0 Å². The molecule has 6 nitrogen and oxygen atoms in total. The normalized spacial score (nSPS) is 3.43. The maximum atomic E-state index is 8.36. The standard InChI is InChI=1S/Bi.HNO3.2H2O.3H/c;2-1(3)4;;;;;/h;(H,2,3,4);2*1H2;;;/p-1. The van der Waals surface area contributed by atoms with Gasteiger partial charge in [-0.15, -0.1) is 10.1 Å². The average molecular weight is 310 g/mol. The molecule has 0 fully saturated rings. The second-order valence-corrected chi connectivity index (χ2v) is 0.238. The molecule has 0 aliphatic carbocycles. The van der Waals surface area contributed by atoms with Gasteiger partial charge in [0.15, 0.2) is 0 Å². The van der Waals surface area contributed by atoms with Crippen LogP contribution >= 0.6 is 0 Å². The molecule has 0 radical (unpaired) electrons. The van der Waals surface area contributed by atoms with Crippen LogP contribution in [-0.4, -0.2) is 47.4 Å². The van der Waals surface area contributed by atoms with Crippen LogP contribution in [0.2, 0.25) is 0 Å². The molecule has 0 saturated heterocycles. The van der Waals surface area contributed by atoms with E-state index in [-0.39, 0.29) is 37.2 Å². The summed E-state index contributed by atoms with van der Waals surface area (Å²) in [5, 5.41) is 13.6. The molecule has 0 aromatic carbocycles. The zero-order valence-corrected chi connectivity index (χ0v) is 8.86. The summed E-state index contributed by atoms with van der Waals surface area (Å²) in [6.07, 6.45) is 0. The number of hydrogen-bond acceptors (Lipinski definition) is 3. The van der Waals surface area contributed by atoms with Gasteiger partial charge in [0.25, 0.3) is 5.09 Å². The van der Waals surface area contributed by atoms with E-state index < -0.39 is 5.09 Å². The summed E-state index contributed by atoms with van der Waals surface area (Å²) in [5.41, 5.74) is 0. The van der Waals surface area contributed by atoms with Gasteiger partial charge >= 0.3 is 26.2 Å². The molecular weight excluding hydrogens is 303 g/mol. The Hall–Kier alpha value is 0.00312. The molecular formula is H7BiNO5-. The smallest absolute Gasteiger partial charge is 0.870 e. The van der Waals surface area contributed by atoms with Gasteiger partial charge in [0.05, 0.1) is 0 Å². The molecule has 0 unspecified atom stereocenters. The van der Waals surface area contributed by atoms with Crippen LogP contribution < -0.4 is 0 Å². The quantitative estimate of drug-likeness (QED) is 0.301. The van der Waals surface area contributed by atoms with E-state index in [1.807, 2.05) is 0 Å². The van der Waals surface area contributed by atoms with Gasteiger partial charge in [0.1, 0.15) is 0 Å². The van der Waals surface area contributed by atoms with Gasteiger partial charge in [-0.1, -0.05) is 0 Å². The van der Waals surface area contributed by atoms with E-state index in [1.165, 1.54) is 0 Å². The third kappa shape index (κ3) is 9900000. The number of hydrogen-bond donors (Lipinski definition) is 1. The first-order valence-electron chi connectivity index (χ1n) is 0.565. The van der Waals surface area contributed by atoms with Crippen molar-refractivity contribution in [1.29, 1.82) is 0 Å². The second-order valence-electron chi connectivity index (χ2n) is 0.238. The van der Waals surface area contributed by atoms with Crippen molar-refractivity contribution in [1.82, 2.24) is 0 Å². The van der Waals surface area contributed by atoms with Crippen molar-refractivity contribution >= 4 is 26.2 Å². The summed E-state index contributed by atoms with van der Waals surface area (Å²) in [4.78, 5) is 8.36. The van der Waals surface area contributed by atoms with E-state index in [4.69, 9.17) is 15.3 Å². The molecule has 0 heterocycles. The number of rotatable bonds is 0. The summed E-state index contributed by atoms with van der Waals surface area (Å²) in [6, 6.07) is 0. The Labute approximate surface area is 58.0 Å². The van der Waals surface area contributed by atoms with Crippen LogP contribution in [0.5, 0.6) is 0 Å². The summed E-state index contributed by atoms with van der Waals surface area (Å²) >= 11 is 0. The monoisotopic (exact) mass is 310 g/mol. The van der Waals surface area contributed by atoms with Crippen molar-refractivity contribution in [2.24, 2.45) is 0 Å². The first-order chi connectivity index (χ1) is 1.73. The molecule has 0 spiro atoms. The Morgan fingerprint density at radius 1 is 1.57 bits per heavy atom. The minimum absolute atomic E-state index is 0. The van der Waals surface area contributed by atoms with Crippen molar-refractivity contribution in [3.8, 4) is 0 Å². The van der Waals surface area contributed by atoms with Crippen LogP contribution in [0, 0.1) is 10.1 Å². The van der Waals surface area contributed by atoms with E-state index in [0.717, 1.165) is 0 Å². The van der Waals surface area contributed by atoms with E-state index in [1.54, 1.807) is 0 Å². The Morgan fingerprint density at radius 3 is 1.57 bits per heavy atom. The molecule has 0 saturated carbocycles. The maximum absolute atomic E-state index is 8.36. The molecule has 0 aromatic rings. The molecule has 7 heavy (non-hydrogen) atoms. The van der Waals surface area contributed by atoms with Crippen LogP contribution in [0.4, 0.5) is 0 Å². The van der Waals surface area contributed by atoms with Crippen LogP contribution in [0.1, 0.15) is 0 Å². The summed E-state index contributed by atoms with van der Waals surface area (Å²) in [5.74, 6) is 0. The van der Waals surface area contributed by atoms with Gasteiger partial charge in [0, 0.05) is 0 Å². The van der Waals surface area contributed by atoms with Crippen molar-refractivity contribution in [3.63, 3.8) is 0 Å². The van der Waals surface area contributed by atoms with E-state index in [9.17, 15) is 0 Å². The van der Waals surface area contributed by atoms with Gasteiger partial charge in [-0.25, -0.2) is 0 Å². The topological polar surface area (TPSA) is 125 Å².